The van der Waals surface area contributed by atoms with Gasteiger partial charge in [-0.1, -0.05) is 28.1 Å². The molecule has 0 bridgehead atoms. The number of carbonyl (C=O) groups excluding carboxylic acids is 1. The Morgan fingerprint density at radius 2 is 1.83 bits per heavy atom. The minimum atomic E-state index is -0.419. The molecule has 0 unspecified atom stereocenters. The maximum atomic E-state index is 11.8. The number of amides is 1. The third kappa shape index (κ3) is 4.28. The molecular weight excluding hydrogens is 354 g/mol. The fraction of sp³-hybridized carbons (Fsp3) is 0.632. The molecule has 0 radical (unpaired) electrons. The first-order valence-corrected chi connectivity index (χ1v) is 9.26. The molecule has 3 nitrogen and oxygen atoms in total. The van der Waals surface area contributed by atoms with Crippen LogP contribution >= 0.6 is 15.9 Å². The molecule has 1 N–H and O–H groups in total. The molecule has 0 saturated heterocycles. The van der Waals surface area contributed by atoms with Gasteiger partial charge in [-0.15, -0.1) is 0 Å². The largest absolute Gasteiger partial charge is 0.444 e. The van der Waals surface area contributed by atoms with Crippen LogP contribution in [0.4, 0.5) is 4.79 Å². The number of nitrogens with one attached hydrogen (secondary N) is 1. The van der Waals surface area contributed by atoms with Crippen molar-refractivity contribution in [3.63, 3.8) is 0 Å². The van der Waals surface area contributed by atoms with E-state index in [0.29, 0.717) is 11.5 Å². The number of halogens is 1. The first-order valence-electron chi connectivity index (χ1n) is 8.47. The molecule has 1 aromatic carbocycles. The first-order chi connectivity index (χ1) is 10.7. The van der Waals surface area contributed by atoms with E-state index in [1.807, 2.05) is 20.8 Å². The molecule has 2 saturated carbocycles. The second-order valence-corrected chi connectivity index (χ2v) is 9.27. The topological polar surface area (TPSA) is 38.3 Å². The van der Waals surface area contributed by atoms with E-state index in [2.05, 4.69) is 45.5 Å². The summed E-state index contributed by atoms with van der Waals surface area (Å²) in [4.78, 5) is 11.8. The monoisotopic (exact) mass is 379 g/mol. The van der Waals surface area contributed by atoms with Gasteiger partial charge >= 0.3 is 6.09 Å². The zero-order valence-corrected chi connectivity index (χ0v) is 15.8. The minimum Gasteiger partial charge on any atom is -0.444 e. The number of alkyl carbamates (subject to hydrolysis) is 1. The van der Waals surface area contributed by atoms with Crippen LogP contribution in [0, 0.1) is 11.3 Å². The molecule has 1 amide bonds. The van der Waals surface area contributed by atoms with Crippen LogP contribution in [0.2, 0.25) is 0 Å². The van der Waals surface area contributed by atoms with E-state index in [1.54, 1.807) is 0 Å². The van der Waals surface area contributed by atoms with Gasteiger partial charge in [-0.25, -0.2) is 4.79 Å². The average Bonchev–Trinajstić information content (AvgIpc) is 2.34. The van der Waals surface area contributed by atoms with Gasteiger partial charge in [0.05, 0.1) is 0 Å². The summed E-state index contributed by atoms with van der Waals surface area (Å²) >= 11 is 3.48. The fourth-order valence-corrected chi connectivity index (χ4v) is 4.42. The Balaban J connectivity index is 1.38. The summed E-state index contributed by atoms with van der Waals surface area (Å²) in [7, 11) is 0. The zero-order chi connectivity index (χ0) is 16.7. The zero-order valence-electron chi connectivity index (χ0n) is 14.2. The Morgan fingerprint density at radius 3 is 2.39 bits per heavy atom. The van der Waals surface area contributed by atoms with Crippen LogP contribution < -0.4 is 5.32 Å². The number of carbonyl (C=O) groups is 1. The molecule has 2 fully saturated rings. The predicted molar refractivity (Wildman–Crippen MR) is 95.4 cm³/mol. The molecule has 0 aliphatic heterocycles. The van der Waals surface area contributed by atoms with Crippen LogP contribution in [0.3, 0.4) is 0 Å². The van der Waals surface area contributed by atoms with Gasteiger partial charge in [-0.05, 0) is 81.9 Å². The van der Waals surface area contributed by atoms with E-state index < -0.39 is 5.60 Å². The highest BCUT2D eigenvalue weighted by molar-refractivity contribution is 9.10. The first kappa shape index (κ1) is 16.8. The van der Waals surface area contributed by atoms with Crippen LogP contribution in [0.1, 0.15) is 52.0 Å². The molecule has 1 aromatic rings. The predicted octanol–water partition coefficient (Wildman–Crippen LogP) is 5.08. The van der Waals surface area contributed by atoms with Gasteiger partial charge in [-0.3, -0.25) is 0 Å². The van der Waals surface area contributed by atoms with Crippen molar-refractivity contribution < 1.29 is 9.53 Å². The molecule has 126 valence electrons. The van der Waals surface area contributed by atoms with E-state index in [-0.39, 0.29) is 6.09 Å². The van der Waals surface area contributed by atoms with Crippen molar-refractivity contribution in [2.45, 2.75) is 64.5 Å². The van der Waals surface area contributed by atoms with E-state index in [9.17, 15) is 4.79 Å². The third-order valence-electron chi connectivity index (χ3n) is 4.96. The van der Waals surface area contributed by atoms with Gasteiger partial charge in [0.2, 0.25) is 0 Å². The standard InChI is InChI=1S/C19H26BrNO2/c1-18(2,3)23-17(22)21-16-11-19(12-16)9-14(10-19)8-13-4-6-15(20)7-5-13/h4-7,14,16H,8-12H2,1-3H3,(H,21,22). The van der Waals surface area contributed by atoms with Crippen molar-refractivity contribution in [1.82, 2.24) is 5.32 Å². The summed E-state index contributed by atoms with van der Waals surface area (Å²) in [5.41, 5.74) is 1.51. The van der Waals surface area contributed by atoms with Gasteiger partial charge in [0.1, 0.15) is 5.60 Å². The fourth-order valence-electron chi connectivity index (χ4n) is 4.16. The lowest BCUT2D eigenvalue weighted by Gasteiger charge is -2.58. The van der Waals surface area contributed by atoms with Crippen LogP contribution in [-0.2, 0) is 11.2 Å². The minimum absolute atomic E-state index is 0.275. The normalized spacial score (nSPS) is 29.6. The SMILES string of the molecule is CC(C)(C)OC(=O)NC1CC2(CC(Cc3ccc(Br)cc3)C2)C1. The van der Waals surface area contributed by atoms with Crippen molar-refractivity contribution in [1.29, 1.82) is 0 Å². The Kier molecular flexibility index (Phi) is 4.47. The molecule has 4 heteroatoms. The summed E-state index contributed by atoms with van der Waals surface area (Å²) in [5.74, 6) is 0.804. The summed E-state index contributed by atoms with van der Waals surface area (Å²) < 4.78 is 6.46. The lowest BCUT2D eigenvalue weighted by atomic mass is 9.49. The van der Waals surface area contributed by atoms with E-state index in [4.69, 9.17) is 4.74 Å². The summed E-state index contributed by atoms with van der Waals surface area (Å²) in [5, 5.41) is 3.00. The number of hydrogen-bond acceptors (Lipinski definition) is 2. The molecule has 2 aliphatic rings. The molecule has 2 aliphatic carbocycles. The lowest BCUT2D eigenvalue weighted by molar-refractivity contribution is -0.0505. The van der Waals surface area contributed by atoms with Crippen LogP contribution in [-0.4, -0.2) is 17.7 Å². The van der Waals surface area contributed by atoms with Gasteiger partial charge in [0.25, 0.3) is 0 Å². The Morgan fingerprint density at radius 1 is 1.22 bits per heavy atom. The highest BCUT2D eigenvalue weighted by Crippen LogP contribution is 2.59. The van der Waals surface area contributed by atoms with Gasteiger partial charge in [-0.2, -0.15) is 0 Å². The maximum absolute atomic E-state index is 11.8. The van der Waals surface area contributed by atoms with Crippen LogP contribution in [0.15, 0.2) is 28.7 Å². The van der Waals surface area contributed by atoms with Gasteiger partial charge in [0, 0.05) is 10.5 Å². The number of hydrogen-bond donors (Lipinski definition) is 1. The van der Waals surface area contributed by atoms with Crippen molar-refractivity contribution in [2.75, 3.05) is 0 Å². The second kappa shape index (κ2) is 6.12. The number of rotatable bonds is 3. The Hall–Kier alpha value is -1.03. The Labute approximate surface area is 147 Å². The maximum Gasteiger partial charge on any atom is 0.407 e. The molecular formula is C19H26BrNO2. The van der Waals surface area contributed by atoms with Gasteiger partial charge < -0.3 is 10.1 Å². The number of ether oxygens (including phenoxy) is 1. The number of benzene rings is 1. The molecule has 0 heterocycles. The smallest absolute Gasteiger partial charge is 0.407 e. The van der Waals surface area contributed by atoms with Crippen molar-refractivity contribution in [3.8, 4) is 0 Å². The van der Waals surface area contributed by atoms with Crippen molar-refractivity contribution in [3.05, 3.63) is 34.3 Å². The van der Waals surface area contributed by atoms with E-state index in [1.165, 1.54) is 24.8 Å². The van der Waals surface area contributed by atoms with Crippen molar-refractivity contribution in [2.24, 2.45) is 11.3 Å². The summed E-state index contributed by atoms with van der Waals surface area (Å²) in [6, 6.07) is 8.96. The van der Waals surface area contributed by atoms with E-state index >= 15 is 0 Å². The quantitative estimate of drug-likeness (QED) is 0.795. The highest BCUT2D eigenvalue weighted by Gasteiger charge is 2.52. The van der Waals surface area contributed by atoms with Crippen LogP contribution in [0.5, 0.6) is 0 Å². The van der Waals surface area contributed by atoms with Crippen LogP contribution in [0.25, 0.3) is 0 Å². The van der Waals surface area contributed by atoms with E-state index in [0.717, 1.165) is 23.2 Å². The highest BCUT2D eigenvalue weighted by atomic mass is 79.9. The molecule has 3 rings (SSSR count). The molecule has 1 spiro atoms. The summed E-state index contributed by atoms with van der Waals surface area (Å²) in [6.07, 6.45) is 5.74. The molecule has 0 aromatic heterocycles. The molecule has 23 heavy (non-hydrogen) atoms. The summed E-state index contributed by atoms with van der Waals surface area (Å²) in [6.45, 7) is 5.69. The Bertz CT molecular complexity index is 562. The third-order valence-corrected chi connectivity index (χ3v) is 5.49. The molecule has 0 atom stereocenters. The average molecular weight is 380 g/mol. The van der Waals surface area contributed by atoms with Gasteiger partial charge in [0.15, 0.2) is 0 Å². The second-order valence-electron chi connectivity index (χ2n) is 8.36. The lowest BCUT2D eigenvalue weighted by Crippen LogP contribution is -2.56. The van der Waals surface area contributed by atoms with Crippen molar-refractivity contribution >= 4 is 22.0 Å².